The Balaban J connectivity index is 1.15. The highest BCUT2D eigenvalue weighted by Gasteiger charge is 2.19. The van der Waals surface area contributed by atoms with Crippen LogP contribution in [0, 0.1) is 0 Å². The molecule has 0 N–H and O–H groups in total. The van der Waals surface area contributed by atoms with E-state index >= 15 is 0 Å². The maximum atomic E-state index is 4.12. The third-order valence-electron chi connectivity index (χ3n) is 10.1. The van der Waals surface area contributed by atoms with Gasteiger partial charge in [-0.2, -0.15) is 0 Å². The summed E-state index contributed by atoms with van der Waals surface area (Å²) in [5, 5.41) is 2.51. The van der Waals surface area contributed by atoms with E-state index in [1.165, 1.54) is 70.6 Å². The van der Waals surface area contributed by atoms with E-state index in [0.717, 1.165) is 23.5 Å². The highest BCUT2D eigenvalue weighted by Crippen LogP contribution is 2.41. The zero-order valence-electron chi connectivity index (χ0n) is 30.5. The average Bonchev–Trinajstić information content (AvgIpc) is 3.74. The van der Waals surface area contributed by atoms with E-state index in [1.54, 1.807) is 0 Å². The van der Waals surface area contributed by atoms with Gasteiger partial charge in [-0.3, -0.25) is 0 Å². The molecule has 0 radical (unpaired) electrons. The van der Waals surface area contributed by atoms with Gasteiger partial charge in [-0.05, 0) is 120 Å². The topological polar surface area (TPSA) is 8.17 Å². The molecular weight excluding hydrogens is 661 g/mol. The highest BCUT2D eigenvalue weighted by molar-refractivity contribution is 7.14. The second-order valence-corrected chi connectivity index (χ2v) is 14.2. The third kappa shape index (κ3) is 6.24. The summed E-state index contributed by atoms with van der Waals surface area (Å²) in [5.74, 6) is 0. The molecule has 8 rings (SSSR count). The Morgan fingerprint density at radius 3 is 1.92 bits per heavy atom. The van der Waals surface area contributed by atoms with Crippen LogP contribution >= 0.6 is 11.3 Å². The van der Waals surface area contributed by atoms with Crippen LogP contribution in [0.4, 0.5) is 17.1 Å². The maximum Gasteiger partial charge on any atom is 0.0541 e. The van der Waals surface area contributed by atoms with Gasteiger partial charge in [0.15, 0.2) is 0 Å². The van der Waals surface area contributed by atoms with Crippen molar-refractivity contribution in [3.8, 4) is 16.8 Å². The van der Waals surface area contributed by atoms with Gasteiger partial charge in [-0.1, -0.05) is 123 Å². The molecule has 258 valence electrons. The van der Waals surface area contributed by atoms with Crippen molar-refractivity contribution < 1.29 is 0 Å². The number of thiophene rings is 1. The van der Waals surface area contributed by atoms with Gasteiger partial charge in [-0.15, -0.1) is 11.3 Å². The summed E-state index contributed by atoms with van der Waals surface area (Å²) in [6, 6.07) is 54.8. The Morgan fingerprint density at radius 1 is 0.660 bits per heavy atom. The molecule has 0 bridgehead atoms. The van der Waals surface area contributed by atoms with Crippen LogP contribution in [0.1, 0.15) is 47.2 Å². The van der Waals surface area contributed by atoms with Crippen LogP contribution in [0.5, 0.6) is 0 Å². The zero-order valence-corrected chi connectivity index (χ0v) is 31.3. The number of anilines is 3. The fourth-order valence-electron chi connectivity index (χ4n) is 7.62. The Hall–Kier alpha value is -6.16. The largest absolute Gasteiger partial charge is 0.311 e. The average molecular weight is 703 g/mol. The Morgan fingerprint density at radius 2 is 1.26 bits per heavy atom. The Labute approximate surface area is 316 Å². The predicted molar refractivity (Wildman–Crippen MR) is 232 cm³/mol. The summed E-state index contributed by atoms with van der Waals surface area (Å²) in [5.41, 5.74) is 14.5. The Kier molecular flexibility index (Phi) is 9.50. The van der Waals surface area contributed by atoms with Gasteiger partial charge in [0, 0.05) is 43.3 Å². The van der Waals surface area contributed by atoms with Gasteiger partial charge in [0.2, 0.25) is 0 Å². The maximum absolute atomic E-state index is 4.12. The number of aromatic nitrogens is 1. The SMILES string of the molecule is C=Cc1sc(/C(=C\C)c2ccc(N(c3ccccc3)c3ccc(-c4ccc5c(c4)c4ccccc4n5-c4ccccc4)cc3)cc2)c(CC)c1/C=C\C. The van der Waals surface area contributed by atoms with Crippen LogP contribution < -0.4 is 4.90 Å². The summed E-state index contributed by atoms with van der Waals surface area (Å²) in [6.07, 6.45) is 9.55. The molecule has 2 heterocycles. The van der Waals surface area contributed by atoms with E-state index in [4.69, 9.17) is 0 Å². The van der Waals surface area contributed by atoms with Crippen LogP contribution in [0.15, 0.2) is 170 Å². The number of para-hydroxylation sites is 3. The van der Waals surface area contributed by atoms with E-state index in [9.17, 15) is 0 Å². The highest BCUT2D eigenvalue weighted by atomic mass is 32.1. The molecule has 53 heavy (non-hydrogen) atoms. The Bertz CT molecular complexity index is 2600. The number of rotatable bonds is 10. The molecule has 0 aliphatic carbocycles. The third-order valence-corrected chi connectivity index (χ3v) is 11.4. The van der Waals surface area contributed by atoms with Gasteiger partial charge >= 0.3 is 0 Å². The summed E-state index contributed by atoms with van der Waals surface area (Å²) in [6.45, 7) is 10.6. The molecule has 3 heteroatoms. The molecule has 0 saturated carbocycles. The van der Waals surface area contributed by atoms with E-state index in [1.807, 2.05) is 17.4 Å². The van der Waals surface area contributed by atoms with E-state index in [2.05, 4.69) is 207 Å². The minimum atomic E-state index is 0.970. The van der Waals surface area contributed by atoms with Crippen molar-refractivity contribution in [3.05, 3.63) is 197 Å². The second-order valence-electron chi connectivity index (χ2n) is 13.1. The minimum absolute atomic E-state index is 0.970. The van der Waals surface area contributed by atoms with Crippen molar-refractivity contribution in [2.24, 2.45) is 0 Å². The molecule has 0 saturated heterocycles. The summed E-state index contributed by atoms with van der Waals surface area (Å²) >= 11 is 1.83. The number of benzene rings is 6. The summed E-state index contributed by atoms with van der Waals surface area (Å²) in [4.78, 5) is 4.88. The first-order valence-electron chi connectivity index (χ1n) is 18.4. The van der Waals surface area contributed by atoms with E-state index in [-0.39, 0.29) is 0 Å². The molecular formula is C50H42N2S. The van der Waals surface area contributed by atoms with Gasteiger partial charge in [0.25, 0.3) is 0 Å². The van der Waals surface area contributed by atoms with Gasteiger partial charge < -0.3 is 9.47 Å². The standard InChI is InChI=1S/C50H42N2S/c1-5-17-45-43(7-3)50(53-49(45)8-4)42(6-2)36-26-31-41(32-27-36)51(38-18-11-9-12-19-38)40-29-24-35(25-30-40)37-28-33-48-46(34-37)44-22-15-16-23-47(44)52(48)39-20-13-10-14-21-39/h5-6,8-34H,4,7H2,1-3H3/b17-5-,42-6-. The molecule has 2 nitrogen and oxygen atoms in total. The zero-order chi connectivity index (χ0) is 36.3. The van der Waals surface area contributed by atoms with Crippen LogP contribution in [0.3, 0.4) is 0 Å². The first-order valence-corrected chi connectivity index (χ1v) is 19.2. The van der Waals surface area contributed by atoms with Crippen LogP contribution in [-0.2, 0) is 6.42 Å². The lowest BCUT2D eigenvalue weighted by Gasteiger charge is -2.26. The van der Waals surface area contributed by atoms with Crippen molar-refractivity contribution >= 4 is 67.9 Å². The fourth-order valence-corrected chi connectivity index (χ4v) is 8.95. The fraction of sp³-hybridized carbons (Fsp3) is 0.0800. The summed E-state index contributed by atoms with van der Waals surface area (Å²) < 4.78 is 2.36. The van der Waals surface area contributed by atoms with Crippen molar-refractivity contribution in [1.82, 2.24) is 4.57 Å². The van der Waals surface area contributed by atoms with E-state index < -0.39 is 0 Å². The lowest BCUT2D eigenvalue weighted by atomic mass is 9.96. The van der Waals surface area contributed by atoms with Gasteiger partial charge in [0.1, 0.15) is 0 Å². The van der Waals surface area contributed by atoms with Crippen LogP contribution in [0.2, 0.25) is 0 Å². The molecule has 8 aromatic rings. The van der Waals surface area contributed by atoms with Gasteiger partial charge in [0.05, 0.1) is 11.0 Å². The molecule has 0 amide bonds. The predicted octanol–water partition coefficient (Wildman–Crippen LogP) is 14.7. The number of nitrogens with zero attached hydrogens (tertiary/aromatic N) is 2. The van der Waals surface area contributed by atoms with Crippen LogP contribution in [0.25, 0.3) is 56.3 Å². The van der Waals surface area contributed by atoms with Crippen molar-refractivity contribution in [2.75, 3.05) is 4.90 Å². The van der Waals surface area contributed by atoms with Crippen molar-refractivity contribution in [1.29, 1.82) is 0 Å². The molecule has 0 spiro atoms. The smallest absolute Gasteiger partial charge is 0.0541 e. The molecule has 2 aromatic heterocycles. The first-order chi connectivity index (χ1) is 26.1. The second kappa shape index (κ2) is 14.8. The van der Waals surface area contributed by atoms with Gasteiger partial charge in [-0.25, -0.2) is 0 Å². The lowest BCUT2D eigenvalue weighted by molar-refractivity contribution is 1.14. The lowest BCUT2D eigenvalue weighted by Crippen LogP contribution is -2.09. The molecule has 0 atom stereocenters. The quantitative estimate of drug-likeness (QED) is 0.138. The number of fused-ring (bicyclic) bond motifs is 3. The molecule has 0 aliphatic rings. The van der Waals surface area contributed by atoms with Crippen LogP contribution in [-0.4, -0.2) is 4.57 Å². The van der Waals surface area contributed by atoms with Crippen molar-refractivity contribution in [2.45, 2.75) is 27.2 Å². The number of allylic oxidation sites excluding steroid dienone is 2. The number of hydrogen-bond donors (Lipinski definition) is 0. The normalized spacial score (nSPS) is 11.9. The summed E-state index contributed by atoms with van der Waals surface area (Å²) in [7, 11) is 0. The molecule has 0 unspecified atom stereocenters. The van der Waals surface area contributed by atoms with Crippen molar-refractivity contribution in [3.63, 3.8) is 0 Å². The molecule has 6 aromatic carbocycles. The van der Waals surface area contributed by atoms with E-state index in [0.29, 0.717) is 0 Å². The molecule has 0 aliphatic heterocycles. The first kappa shape index (κ1) is 34.0. The minimum Gasteiger partial charge on any atom is -0.311 e. The molecule has 0 fully saturated rings. The number of hydrogen-bond acceptors (Lipinski definition) is 2. The monoisotopic (exact) mass is 702 g/mol.